The molecule has 2 aliphatic heterocycles. The molecule has 0 aliphatic carbocycles. The topological polar surface area (TPSA) is 96.3 Å². The van der Waals surface area contributed by atoms with Gasteiger partial charge in [-0.1, -0.05) is 73.8 Å². The van der Waals surface area contributed by atoms with Crippen LogP contribution in [0.5, 0.6) is 0 Å². The number of benzene rings is 3. The van der Waals surface area contributed by atoms with Crippen molar-refractivity contribution in [3.63, 3.8) is 0 Å². The molecule has 4 aromatic rings. The Labute approximate surface area is 281 Å². The summed E-state index contributed by atoms with van der Waals surface area (Å²) in [4.78, 5) is 13.3. The summed E-state index contributed by atoms with van der Waals surface area (Å²) in [7, 11) is -3.66. The first-order valence-electron chi connectivity index (χ1n) is 15.6. The lowest BCUT2D eigenvalue weighted by Crippen LogP contribution is -2.46. The Morgan fingerprint density at radius 3 is 2.15 bits per heavy atom. The summed E-state index contributed by atoms with van der Waals surface area (Å²) in [5, 5.41) is 11.3. The second-order valence-corrected chi connectivity index (χ2v) is 16.2. The SMILES string of the molecule is Cc1ccc(-n2nc(C(C)(C)C)cc2NC(=O)Nc2ccc(CC3CC4CCC(C3)N4S(=O)(=O)c3ccc(Cl)c(Cl)c3)cc2)cc1. The van der Waals surface area contributed by atoms with E-state index in [-0.39, 0.29) is 33.4 Å². The number of hydrogen-bond donors (Lipinski definition) is 2. The van der Waals surface area contributed by atoms with E-state index in [4.69, 9.17) is 28.3 Å². The van der Waals surface area contributed by atoms with Crippen LogP contribution in [0.1, 0.15) is 63.3 Å². The molecule has 11 heteroatoms. The van der Waals surface area contributed by atoms with Gasteiger partial charge in [0.15, 0.2) is 0 Å². The predicted octanol–water partition coefficient (Wildman–Crippen LogP) is 8.60. The van der Waals surface area contributed by atoms with Crippen molar-refractivity contribution in [3.05, 3.63) is 99.7 Å². The van der Waals surface area contributed by atoms with Crippen LogP contribution in [0.2, 0.25) is 10.0 Å². The van der Waals surface area contributed by atoms with Crippen molar-refractivity contribution < 1.29 is 13.2 Å². The molecule has 3 heterocycles. The molecule has 2 fully saturated rings. The maximum atomic E-state index is 13.5. The maximum absolute atomic E-state index is 13.5. The number of hydrogen-bond acceptors (Lipinski definition) is 4. The van der Waals surface area contributed by atoms with Crippen LogP contribution in [0.25, 0.3) is 5.69 Å². The largest absolute Gasteiger partial charge is 0.324 e. The number of anilines is 2. The van der Waals surface area contributed by atoms with Crippen LogP contribution in [-0.4, -0.2) is 40.6 Å². The standard InChI is InChI=1S/C35H39Cl2N5O3S/c1-22-5-11-26(12-6-22)41-33(21-32(40-41)35(2,3)4)39-34(43)38-25-9-7-23(8-10-25)17-24-18-27-13-14-28(19-24)42(27)46(44,45)29-15-16-30(36)31(37)20-29/h5-12,15-16,20-21,24,27-28H,13-14,17-19H2,1-4H3,(H2,38,39,43). The van der Waals surface area contributed by atoms with E-state index in [0.29, 0.717) is 22.4 Å². The number of aryl methyl sites for hydroxylation is 1. The van der Waals surface area contributed by atoms with Gasteiger partial charge in [0.05, 0.1) is 26.3 Å². The van der Waals surface area contributed by atoms with Gasteiger partial charge in [-0.3, -0.25) is 5.32 Å². The maximum Gasteiger partial charge on any atom is 0.324 e. The number of nitrogens with one attached hydrogen (secondary N) is 2. The van der Waals surface area contributed by atoms with E-state index in [2.05, 4.69) is 31.4 Å². The lowest BCUT2D eigenvalue weighted by molar-refractivity contribution is 0.190. The Morgan fingerprint density at radius 1 is 0.891 bits per heavy atom. The lowest BCUT2D eigenvalue weighted by Gasteiger charge is -2.38. The summed E-state index contributed by atoms with van der Waals surface area (Å²) in [5.41, 5.74) is 4.54. The summed E-state index contributed by atoms with van der Waals surface area (Å²) < 4.78 is 30.6. The molecule has 2 bridgehead atoms. The van der Waals surface area contributed by atoms with E-state index in [1.54, 1.807) is 8.99 Å². The molecule has 0 spiro atoms. The minimum atomic E-state index is -3.66. The average molecular weight is 681 g/mol. The molecule has 6 rings (SSSR count). The van der Waals surface area contributed by atoms with Crippen LogP contribution in [0.3, 0.4) is 0 Å². The van der Waals surface area contributed by atoms with Crippen LogP contribution < -0.4 is 10.6 Å². The first kappa shape index (κ1) is 32.6. The van der Waals surface area contributed by atoms with E-state index >= 15 is 0 Å². The highest BCUT2D eigenvalue weighted by Gasteiger charge is 2.47. The van der Waals surface area contributed by atoms with Crippen molar-refractivity contribution in [2.24, 2.45) is 5.92 Å². The van der Waals surface area contributed by atoms with E-state index in [0.717, 1.165) is 54.6 Å². The van der Waals surface area contributed by atoms with Crippen molar-refractivity contribution in [1.82, 2.24) is 14.1 Å². The summed E-state index contributed by atoms with van der Waals surface area (Å²) >= 11 is 12.2. The molecule has 46 heavy (non-hydrogen) atoms. The smallest absolute Gasteiger partial charge is 0.308 e. The number of aromatic nitrogens is 2. The van der Waals surface area contributed by atoms with Crippen molar-refractivity contribution in [2.75, 3.05) is 10.6 Å². The molecular weight excluding hydrogens is 641 g/mol. The van der Waals surface area contributed by atoms with Gasteiger partial charge in [0.2, 0.25) is 10.0 Å². The molecule has 2 amide bonds. The third-order valence-electron chi connectivity index (χ3n) is 8.96. The summed E-state index contributed by atoms with van der Waals surface area (Å²) in [6, 6.07) is 21.9. The van der Waals surface area contributed by atoms with E-state index in [1.807, 2.05) is 61.5 Å². The van der Waals surface area contributed by atoms with Gasteiger partial charge in [-0.25, -0.2) is 17.9 Å². The third kappa shape index (κ3) is 6.83. The van der Waals surface area contributed by atoms with Crippen molar-refractivity contribution in [2.45, 2.75) is 82.2 Å². The second-order valence-electron chi connectivity index (χ2n) is 13.5. The number of fused-ring (bicyclic) bond motifs is 2. The Balaban J connectivity index is 1.08. The van der Waals surface area contributed by atoms with Crippen LogP contribution in [-0.2, 0) is 21.9 Å². The van der Waals surface area contributed by atoms with E-state index < -0.39 is 10.0 Å². The van der Waals surface area contributed by atoms with Gasteiger partial charge in [0.1, 0.15) is 5.82 Å². The summed E-state index contributed by atoms with van der Waals surface area (Å²) in [6.07, 6.45) is 4.19. The Kier molecular flexibility index (Phi) is 8.97. The number of amides is 2. The summed E-state index contributed by atoms with van der Waals surface area (Å²) in [5.74, 6) is 0.962. The normalized spacial score (nSPS) is 20.1. The highest BCUT2D eigenvalue weighted by atomic mass is 35.5. The van der Waals surface area contributed by atoms with Gasteiger partial charge >= 0.3 is 6.03 Å². The number of sulfonamides is 1. The van der Waals surface area contributed by atoms with Crippen LogP contribution in [0.4, 0.5) is 16.3 Å². The molecule has 2 saturated heterocycles. The quantitative estimate of drug-likeness (QED) is 0.204. The zero-order chi connectivity index (χ0) is 32.8. The minimum absolute atomic E-state index is 0.0278. The van der Waals surface area contributed by atoms with Gasteiger partial charge in [-0.15, -0.1) is 0 Å². The van der Waals surface area contributed by atoms with Crippen LogP contribution in [0, 0.1) is 12.8 Å². The zero-order valence-corrected chi connectivity index (χ0v) is 28.8. The molecule has 0 radical (unpaired) electrons. The third-order valence-corrected chi connectivity index (χ3v) is 11.7. The van der Waals surface area contributed by atoms with Crippen molar-refractivity contribution >= 4 is 50.8 Å². The fourth-order valence-corrected chi connectivity index (χ4v) is 8.90. The zero-order valence-electron chi connectivity index (χ0n) is 26.4. The number of rotatable bonds is 7. The molecule has 2 atom stereocenters. The van der Waals surface area contributed by atoms with Crippen molar-refractivity contribution in [1.29, 1.82) is 0 Å². The minimum Gasteiger partial charge on any atom is -0.308 e. The van der Waals surface area contributed by atoms with Gasteiger partial charge in [-0.2, -0.15) is 9.40 Å². The molecule has 2 unspecified atom stereocenters. The molecule has 8 nitrogen and oxygen atoms in total. The molecule has 3 aromatic carbocycles. The number of piperidine rings is 1. The molecular formula is C35H39Cl2N5O3S. The van der Waals surface area contributed by atoms with Gasteiger partial charge < -0.3 is 5.32 Å². The molecule has 2 aliphatic rings. The number of carbonyl (C=O) groups excluding carboxylic acids is 1. The number of nitrogens with zero attached hydrogens (tertiary/aromatic N) is 3. The van der Waals surface area contributed by atoms with Crippen molar-refractivity contribution in [3.8, 4) is 5.69 Å². The fraction of sp³-hybridized carbons (Fsp3) is 0.371. The molecule has 1 aromatic heterocycles. The van der Waals surface area contributed by atoms with Gasteiger partial charge in [-0.05, 0) is 93.0 Å². The Bertz CT molecular complexity index is 1840. The van der Waals surface area contributed by atoms with E-state index in [1.165, 1.54) is 18.2 Å². The van der Waals surface area contributed by atoms with Crippen LogP contribution >= 0.6 is 23.2 Å². The van der Waals surface area contributed by atoms with Crippen LogP contribution in [0.15, 0.2) is 77.7 Å². The van der Waals surface area contributed by atoms with E-state index in [9.17, 15) is 13.2 Å². The highest BCUT2D eigenvalue weighted by molar-refractivity contribution is 7.89. The highest BCUT2D eigenvalue weighted by Crippen LogP contribution is 2.43. The second kappa shape index (κ2) is 12.7. The molecule has 242 valence electrons. The first-order valence-corrected chi connectivity index (χ1v) is 17.8. The fourth-order valence-electron chi connectivity index (χ4n) is 6.62. The van der Waals surface area contributed by atoms with Gasteiger partial charge in [0, 0.05) is 29.3 Å². The number of halogens is 2. The average Bonchev–Trinajstić information content (AvgIpc) is 3.55. The predicted molar refractivity (Wildman–Crippen MR) is 185 cm³/mol. The Hall–Kier alpha value is -3.37. The summed E-state index contributed by atoms with van der Waals surface area (Å²) in [6.45, 7) is 8.31. The molecule has 2 N–H and O–H groups in total. The number of carbonyl (C=O) groups is 1. The first-order chi connectivity index (χ1) is 21.8. The number of urea groups is 1. The monoisotopic (exact) mass is 679 g/mol. The lowest BCUT2D eigenvalue weighted by atomic mass is 9.87. The van der Waals surface area contributed by atoms with Gasteiger partial charge in [0.25, 0.3) is 0 Å². The molecule has 0 saturated carbocycles. The Morgan fingerprint density at radius 2 is 1.54 bits per heavy atom.